The van der Waals surface area contributed by atoms with Crippen molar-refractivity contribution in [2.24, 2.45) is 5.16 Å². The van der Waals surface area contributed by atoms with Crippen molar-refractivity contribution >= 4 is 64.4 Å². The van der Waals surface area contributed by atoms with E-state index in [-0.39, 0.29) is 6.61 Å². The van der Waals surface area contributed by atoms with E-state index in [1.807, 2.05) is 18.2 Å². The van der Waals surface area contributed by atoms with Gasteiger partial charge < -0.3 is 4.84 Å². The summed E-state index contributed by atoms with van der Waals surface area (Å²) in [6.07, 6.45) is 3.31. The molecule has 3 rings (SSSR count). The van der Waals surface area contributed by atoms with Gasteiger partial charge in [-0.2, -0.15) is 0 Å². The van der Waals surface area contributed by atoms with Crippen molar-refractivity contribution in [1.82, 2.24) is 4.98 Å². The fourth-order valence-corrected chi connectivity index (χ4v) is 3.93. The van der Waals surface area contributed by atoms with E-state index in [0.29, 0.717) is 20.1 Å². The molecule has 8 heteroatoms. The molecular formula is C19H12Cl4N2OS. The number of oxime groups is 1. The minimum absolute atomic E-state index is 0.234. The molecule has 0 aliphatic rings. The van der Waals surface area contributed by atoms with Crippen molar-refractivity contribution in [3.05, 3.63) is 85.9 Å². The van der Waals surface area contributed by atoms with E-state index >= 15 is 0 Å². The van der Waals surface area contributed by atoms with Gasteiger partial charge in [-0.15, -0.1) is 0 Å². The molecule has 0 radical (unpaired) electrons. The summed E-state index contributed by atoms with van der Waals surface area (Å²) < 4.78 is 0. The molecule has 2 aromatic carbocycles. The van der Waals surface area contributed by atoms with E-state index in [4.69, 9.17) is 51.2 Å². The topological polar surface area (TPSA) is 34.5 Å². The van der Waals surface area contributed by atoms with Crippen LogP contribution in [0, 0.1) is 0 Å². The molecule has 138 valence electrons. The smallest absolute Gasteiger partial charge is 0.143 e. The zero-order chi connectivity index (χ0) is 19.2. The van der Waals surface area contributed by atoms with Gasteiger partial charge >= 0.3 is 0 Å². The van der Waals surface area contributed by atoms with Crippen LogP contribution in [0.2, 0.25) is 20.1 Å². The Morgan fingerprint density at radius 1 is 0.963 bits per heavy atom. The molecule has 3 aromatic rings. The summed E-state index contributed by atoms with van der Waals surface area (Å²) in [5.41, 5.74) is 1.60. The molecule has 1 heterocycles. The lowest BCUT2D eigenvalue weighted by Gasteiger charge is -2.06. The van der Waals surface area contributed by atoms with Gasteiger partial charge in [-0.1, -0.05) is 69.4 Å². The number of rotatable bonds is 6. The first-order valence-corrected chi connectivity index (χ1v) is 10.0. The first-order chi connectivity index (χ1) is 13.0. The fourth-order valence-electron chi connectivity index (χ4n) is 2.09. The molecule has 0 bridgehead atoms. The van der Waals surface area contributed by atoms with Gasteiger partial charge in [0.15, 0.2) is 0 Å². The Labute approximate surface area is 181 Å². The highest BCUT2D eigenvalue weighted by Crippen LogP contribution is 2.34. The van der Waals surface area contributed by atoms with Gasteiger partial charge in [0.05, 0.1) is 11.2 Å². The molecule has 0 aliphatic heterocycles. The van der Waals surface area contributed by atoms with Crippen LogP contribution in [0.5, 0.6) is 0 Å². The summed E-state index contributed by atoms with van der Waals surface area (Å²) in [4.78, 5) is 10.6. The molecule has 1 aromatic heterocycles. The van der Waals surface area contributed by atoms with Crippen LogP contribution in [0.25, 0.3) is 0 Å². The van der Waals surface area contributed by atoms with Gasteiger partial charge in [-0.25, -0.2) is 4.98 Å². The molecule has 27 heavy (non-hydrogen) atoms. The van der Waals surface area contributed by atoms with Crippen molar-refractivity contribution < 1.29 is 4.84 Å². The van der Waals surface area contributed by atoms with Crippen LogP contribution in [-0.2, 0) is 11.4 Å². The molecule has 0 atom stereocenters. The number of hydrogen-bond acceptors (Lipinski definition) is 4. The first kappa shape index (κ1) is 20.3. The Morgan fingerprint density at radius 2 is 1.70 bits per heavy atom. The quantitative estimate of drug-likeness (QED) is 0.285. The van der Waals surface area contributed by atoms with Crippen molar-refractivity contribution in [2.75, 3.05) is 0 Å². The summed E-state index contributed by atoms with van der Waals surface area (Å²) in [6.45, 7) is 0.234. The number of hydrogen-bond donors (Lipinski definition) is 0. The third-order valence-corrected chi connectivity index (χ3v) is 5.76. The second-order valence-corrected chi connectivity index (χ2v) is 8.04. The molecule has 0 fully saturated rings. The highest BCUT2D eigenvalue weighted by Gasteiger charge is 2.08. The number of halogens is 4. The number of pyridine rings is 1. The van der Waals surface area contributed by atoms with Gasteiger partial charge in [0.1, 0.15) is 11.6 Å². The largest absolute Gasteiger partial charge is 0.391 e. The maximum absolute atomic E-state index is 6.24. The van der Waals surface area contributed by atoms with Crippen molar-refractivity contribution in [3.63, 3.8) is 0 Å². The predicted molar refractivity (Wildman–Crippen MR) is 114 cm³/mol. The van der Waals surface area contributed by atoms with E-state index < -0.39 is 0 Å². The lowest BCUT2D eigenvalue weighted by Crippen LogP contribution is -1.92. The third kappa shape index (κ3) is 5.77. The van der Waals surface area contributed by atoms with Crippen LogP contribution >= 0.6 is 58.2 Å². The molecule has 0 saturated heterocycles. The molecule has 0 unspecified atom stereocenters. The number of nitrogens with zero attached hydrogens (tertiary/aromatic N) is 2. The van der Waals surface area contributed by atoms with Crippen LogP contribution in [0.15, 0.2) is 69.8 Å². The lowest BCUT2D eigenvalue weighted by atomic mass is 10.2. The van der Waals surface area contributed by atoms with Gasteiger partial charge in [-0.05, 0) is 42.5 Å². The van der Waals surface area contributed by atoms with E-state index in [1.165, 1.54) is 11.8 Å². The van der Waals surface area contributed by atoms with Crippen LogP contribution in [-0.4, -0.2) is 11.2 Å². The Balaban J connectivity index is 1.69. The lowest BCUT2D eigenvalue weighted by molar-refractivity contribution is 0.132. The van der Waals surface area contributed by atoms with E-state index in [9.17, 15) is 0 Å². The van der Waals surface area contributed by atoms with Crippen LogP contribution in [0.4, 0.5) is 0 Å². The predicted octanol–water partition coefficient (Wildman–Crippen LogP) is 7.40. The van der Waals surface area contributed by atoms with E-state index in [2.05, 4.69) is 10.1 Å². The zero-order valence-corrected chi connectivity index (χ0v) is 17.5. The average molecular weight is 458 g/mol. The Kier molecular flexibility index (Phi) is 7.27. The SMILES string of the molecule is Clc1ccc(CON=Cc2cccnc2Sc2ccc(Cl)cc2Cl)c(Cl)c1. The summed E-state index contributed by atoms with van der Waals surface area (Å²) in [6, 6.07) is 14.3. The van der Waals surface area contributed by atoms with Gasteiger partial charge in [-0.3, -0.25) is 0 Å². The molecule has 0 spiro atoms. The summed E-state index contributed by atoms with van der Waals surface area (Å²) in [5.74, 6) is 0. The second-order valence-electron chi connectivity index (χ2n) is 5.32. The second kappa shape index (κ2) is 9.67. The minimum atomic E-state index is 0.234. The molecule has 3 nitrogen and oxygen atoms in total. The fraction of sp³-hybridized carbons (Fsp3) is 0.0526. The van der Waals surface area contributed by atoms with Crippen molar-refractivity contribution in [1.29, 1.82) is 0 Å². The molecule has 0 saturated carbocycles. The minimum Gasteiger partial charge on any atom is -0.391 e. The third-order valence-electron chi connectivity index (χ3n) is 3.40. The highest BCUT2D eigenvalue weighted by atomic mass is 35.5. The summed E-state index contributed by atoms with van der Waals surface area (Å²) in [7, 11) is 0. The normalized spacial score (nSPS) is 11.1. The monoisotopic (exact) mass is 456 g/mol. The molecule has 0 aliphatic carbocycles. The van der Waals surface area contributed by atoms with Gasteiger partial charge in [0.2, 0.25) is 0 Å². The molecule has 0 amide bonds. The van der Waals surface area contributed by atoms with Crippen LogP contribution in [0.1, 0.15) is 11.1 Å². The van der Waals surface area contributed by atoms with Gasteiger partial charge in [0.25, 0.3) is 0 Å². The first-order valence-electron chi connectivity index (χ1n) is 7.70. The maximum atomic E-state index is 6.24. The summed E-state index contributed by atoms with van der Waals surface area (Å²) in [5, 5.41) is 7.02. The number of benzene rings is 2. The Bertz CT molecular complexity index is 982. The van der Waals surface area contributed by atoms with Gasteiger partial charge in [0, 0.05) is 37.3 Å². The summed E-state index contributed by atoms with van der Waals surface area (Å²) >= 11 is 25.6. The Morgan fingerprint density at radius 3 is 2.44 bits per heavy atom. The Hall–Kier alpha value is -1.43. The van der Waals surface area contributed by atoms with Crippen molar-refractivity contribution in [2.45, 2.75) is 16.5 Å². The van der Waals surface area contributed by atoms with E-state index in [0.717, 1.165) is 21.0 Å². The average Bonchev–Trinajstić information content (AvgIpc) is 2.63. The highest BCUT2D eigenvalue weighted by molar-refractivity contribution is 7.99. The molecular weight excluding hydrogens is 446 g/mol. The maximum Gasteiger partial charge on any atom is 0.143 e. The standard InChI is InChI=1S/C19H12Cl4N2OS/c20-14-4-3-13(16(22)8-14)11-26-25-10-12-2-1-7-24-19(12)27-18-6-5-15(21)9-17(18)23/h1-10H,11H2. The van der Waals surface area contributed by atoms with E-state index in [1.54, 1.807) is 42.7 Å². The van der Waals surface area contributed by atoms with Crippen LogP contribution in [0.3, 0.4) is 0 Å². The zero-order valence-electron chi connectivity index (χ0n) is 13.7. The van der Waals surface area contributed by atoms with Crippen LogP contribution < -0.4 is 0 Å². The van der Waals surface area contributed by atoms with Crippen molar-refractivity contribution in [3.8, 4) is 0 Å². The molecule has 0 N–H and O–H groups in total. The number of aromatic nitrogens is 1.